The minimum absolute atomic E-state index is 0.0736. The van der Waals surface area contributed by atoms with Crippen molar-refractivity contribution in [3.05, 3.63) is 51.3 Å². The Kier molecular flexibility index (Phi) is 5.10. The molecule has 1 aliphatic rings. The predicted octanol–water partition coefficient (Wildman–Crippen LogP) is -0.0200. The van der Waals surface area contributed by atoms with Crippen LogP contribution < -0.4 is 16.6 Å². The summed E-state index contributed by atoms with van der Waals surface area (Å²) >= 11 is 0. The SMILES string of the molecule is Cn1cnc2c1c(=O)n(CC(=O)NC[C@@H](c1ccco1)N1CCCC1)c(=O)n2C. The van der Waals surface area contributed by atoms with Gasteiger partial charge >= 0.3 is 5.69 Å². The minimum Gasteiger partial charge on any atom is -0.468 e. The molecule has 0 bridgehead atoms. The van der Waals surface area contributed by atoms with Gasteiger partial charge in [-0.3, -0.25) is 19.1 Å². The van der Waals surface area contributed by atoms with Crippen LogP contribution >= 0.6 is 0 Å². The van der Waals surface area contributed by atoms with Crippen molar-refractivity contribution in [2.75, 3.05) is 19.6 Å². The van der Waals surface area contributed by atoms with E-state index in [2.05, 4.69) is 15.2 Å². The molecule has 1 aliphatic heterocycles. The van der Waals surface area contributed by atoms with Crippen LogP contribution in [0.1, 0.15) is 24.6 Å². The van der Waals surface area contributed by atoms with Gasteiger partial charge in [-0.25, -0.2) is 14.3 Å². The number of amides is 1. The first kappa shape index (κ1) is 19.2. The fourth-order valence-electron chi connectivity index (χ4n) is 3.89. The predicted molar refractivity (Wildman–Crippen MR) is 105 cm³/mol. The van der Waals surface area contributed by atoms with Crippen molar-refractivity contribution < 1.29 is 9.21 Å². The molecule has 10 heteroatoms. The van der Waals surface area contributed by atoms with Crippen LogP contribution in [0.5, 0.6) is 0 Å². The molecule has 1 fully saturated rings. The van der Waals surface area contributed by atoms with Crippen molar-refractivity contribution in [1.29, 1.82) is 0 Å². The highest BCUT2D eigenvalue weighted by Crippen LogP contribution is 2.24. The molecule has 3 aromatic rings. The summed E-state index contributed by atoms with van der Waals surface area (Å²) in [5, 5.41) is 2.86. The summed E-state index contributed by atoms with van der Waals surface area (Å²) in [5.41, 5.74) is -0.518. The zero-order valence-corrected chi connectivity index (χ0v) is 16.5. The molecule has 1 saturated heterocycles. The number of nitrogens with one attached hydrogen (secondary N) is 1. The van der Waals surface area contributed by atoms with Gasteiger partial charge in [0.05, 0.1) is 18.6 Å². The van der Waals surface area contributed by atoms with Crippen molar-refractivity contribution in [3.63, 3.8) is 0 Å². The Morgan fingerprint density at radius 1 is 1.28 bits per heavy atom. The Bertz CT molecular complexity index is 1130. The minimum atomic E-state index is -0.571. The van der Waals surface area contributed by atoms with E-state index in [0.29, 0.717) is 12.2 Å². The molecule has 0 saturated carbocycles. The Hall–Kier alpha value is -3.14. The van der Waals surface area contributed by atoms with Gasteiger partial charge in [-0.15, -0.1) is 0 Å². The first-order valence-electron chi connectivity index (χ1n) is 9.62. The van der Waals surface area contributed by atoms with Crippen molar-refractivity contribution in [2.45, 2.75) is 25.4 Å². The smallest absolute Gasteiger partial charge is 0.332 e. The highest BCUT2D eigenvalue weighted by atomic mass is 16.3. The molecule has 0 aliphatic carbocycles. The first-order chi connectivity index (χ1) is 14.0. The number of aromatic nitrogens is 4. The Morgan fingerprint density at radius 2 is 2.03 bits per heavy atom. The molecular weight excluding hydrogens is 376 g/mol. The van der Waals surface area contributed by atoms with Crippen LogP contribution in [0.25, 0.3) is 11.2 Å². The van der Waals surface area contributed by atoms with E-state index in [1.54, 1.807) is 17.9 Å². The maximum atomic E-state index is 12.7. The number of fused-ring (bicyclic) bond motifs is 1. The zero-order chi connectivity index (χ0) is 20.5. The number of hydrogen-bond acceptors (Lipinski definition) is 6. The molecular formula is C19H24N6O4. The van der Waals surface area contributed by atoms with E-state index >= 15 is 0 Å². The molecule has 0 unspecified atom stereocenters. The summed E-state index contributed by atoms with van der Waals surface area (Å²) < 4.78 is 9.32. The number of imidazole rings is 1. The first-order valence-corrected chi connectivity index (χ1v) is 9.62. The number of furan rings is 1. The fraction of sp³-hybridized carbons (Fsp3) is 0.474. The molecule has 1 N–H and O–H groups in total. The van der Waals surface area contributed by atoms with E-state index in [1.165, 1.54) is 17.9 Å². The second-order valence-corrected chi connectivity index (χ2v) is 7.34. The molecule has 4 heterocycles. The van der Waals surface area contributed by atoms with Crippen LogP contribution in [-0.2, 0) is 25.4 Å². The molecule has 10 nitrogen and oxygen atoms in total. The van der Waals surface area contributed by atoms with Gasteiger partial charge in [0.25, 0.3) is 5.56 Å². The monoisotopic (exact) mass is 400 g/mol. The summed E-state index contributed by atoms with van der Waals surface area (Å²) in [5.74, 6) is 0.387. The van der Waals surface area contributed by atoms with Crippen LogP contribution in [-0.4, -0.2) is 49.1 Å². The highest BCUT2D eigenvalue weighted by Gasteiger charge is 2.26. The van der Waals surface area contributed by atoms with E-state index in [0.717, 1.165) is 36.3 Å². The van der Waals surface area contributed by atoms with E-state index in [9.17, 15) is 14.4 Å². The van der Waals surface area contributed by atoms with Gasteiger partial charge in [0.1, 0.15) is 12.3 Å². The number of carbonyl (C=O) groups excluding carboxylic acids is 1. The maximum Gasteiger partial charge on any atom is 0.332 e. The van der Waals surface area contributed by atoms with Crippen LogP contribution in [0.3, 0.4) is 0 Å². The second kappa shape index (κ2) is 7.70. The Labute approximate surface area is 166 Å². The van der Waals surface area contributed by atoms with Crippen LogP contribution in [0.15, 0.2) is 38.7 Å². The van der Waals surface area contributed by atoms with Crippen molar-refractivity contribution in [2.24, 2.45) is 14.1 Å². The average Bonchev–Trinajstić information content (AvgIpc) is 3.46. The normalized spacial score (nSPS) is 15.8. The van der Waals surface area contributed by atoms with Gasteiger partial charge in [-0.2, -0.15) is 0 Å². The molecule has 4 rings (SSSR count). The number of carbonyl (C=O) groups is 1. The number of nitrogens with zero attached hydrogens (tertiary/aromatic N) is 5. The summed E-state index contributed by atoms with van der Waals surface area (Å²) in [7, 11) is 3.21. The third-order valence-corrected chi connectivity index (χ3v) is 5.45. The quantitative estimate of drug-likeness (QED) is 0.623. The van der Waals surface area contributed by atoms with Crippen molar-refractivity contribution in [1.82, 2.24) is 28.9 Å². The summed E-state index contributed by atoms with van der Waals surface area (Å²) in [6.07, 6.45) is 5.31. The molecule has 0 aromatic carbocycles. The molecule has 29 heavy (non-hydrogen) atoms. The number of aryl methyl sites for hydroxylation is 2. The third-order valence-electron chi connectivity index (χ3n) is 5.45. The van der Waals surface area contributed by atoms with E-state index in [1.807, 2.05) is 12.1 Å². The standard InChI is InChI=1S/C19H24N6O4/c1-22-12-21-17-16(22)18(27)25(19(28)23(17)2)11-15(26)20-10-13(14-6-5-9-29-14)24-7-3-4-8-24/h5-6,9,12-13H,3-4,7-8,10-11H2,1-2H3,(H,20,26)/t13-/m0/s1. The number of rotatable bonds is 6. The number of hydrogen-bond donors (Lipinski definition) is 1. The van der Waals surface area contributed by atoms with Crippen molar-refractivity contribution >= 4 is 17.1 Å². The van der Waals surface area contributed by atoms with Gasteiger partial charge in [-0.05, 0) is 38.1 Å². The zero-order valence-electron chi connectivity index (χ0n) is 16.5. The van der Waals surface area contributed by atoms with Crippen LogP contribution in [0.4, 0.5) is 0 Å². The lowest BCUT2D eigenvalue weighted by atomic mass is 10.2. The van der Waals surface area contributed by atoms with Gasteiger partial charge in [-0.1, -0.05) is 0 Å². The topological polar surface area (TPSA) is 107 Å². The highest BCUT2D eigenvalue weighted by molar-refractivity contribution is 5.76. The summed E-state index contributed by atoms with van der Waals surface area (Å²) in [4.78, 5) is 44.2. The van der Waals surface area contributed by atoms with Gasteiger partial charge in [0, 0.05) is 20.6 Å². The van der Waals surface area contributed by atoms with Gasteiger partial charge < -0.3 is 14.3 Å². The van der Waals surface area contributed by atoms with Crippen molar-refractivity contribution in [3.8, 4) is 0 Å². The van der Waals surface area contributed by atoms with E-state index in [-0.39, 0.29) is 18.1 Å². The number of likely N-dealkylation sites (tertiary alicyclic amines) is 1. The lowest BCUT2D eigenvalue weighted by Gasteiger charge is -2.26. The average molecular weight is 400 g/mol. The van der Waals surface area contributed by atoms with Crippen LogP contribution in [0, 0.1) is 0 Å². The molecule has 1 atom stereocenters. The second-order valence-electron chi connectivity index (χ2n) is 7.34. The van der Waals surface area contributed by atoms with Gasteiger partial charge in [0.2, 0.25) is 5.91 Å². The van der Waals surface area contributed by atoms with E-state index < -0.39 is 17.2 Å². The van der Waals surface area contributed by atoms with Gasteiger partial charge in [0.15, 0.2) is 11.2 Å². The molecule has 3 aromatic heterocycles. The van der Waals surface area contributed by atoms with E-state index in [4.69, 9.17) is 4.42 Å². The molecule has 154 valence electrons. The summed E-state index contributed by atoms with van der Waals surface area (Å²) in [6.45, 7) is 1.88. The third kappa shape index (κ3) is 3.51. The largest absolute Gasteiger partial charge is 0.468 e. The van der Waals surface area contributed by atoms with Crippen LogP contribution in [0.2, 0.25) is 0 Å². The molecule has 0 spiro atoms. The molecule has 1 amide bonds. The molecule has 0 radical (unpaired) electrons. The Morgan fingerprint density at radius 3 is 2.72 bits per heavy atom. The fourth-order valence-corrected chi connectivity index (χ4v) is 3.89. The summed E-state index contributed by atoms with van der Waals surface area (Å²) in [6, 6.07) is 3.65. The Balaban J connectivity index is 1.53. The maximum absolute atomic E-state index is 12.7. The lowest BCUT2D eigenvalue weighted by molar-refractivity contribution is -0.122. The lowest BCUT2D eigenvalue weighted by Crippen LogP contribution is -2.45.